The van der Waals surface area contributed by atoms with Gasteiger partial charge in [-0.15, -0.1) is 0 Å². The van der Waals surface area contributed by atoms with Crippen molar-refractivity contribution in [2.45, 2.75) is 32.4 Å². The van der Waals surface area contributed by atoms with E-state index in [1.54, 1.807) is 14.2 Å². The van der Waals surface area contributed by atoms with Gasteiger partial charge in [0, 0.05) is 29.9 Å². The molecule has 0 radical (unpaired) electrons. The molecule has 0 saturated heterocycles. The maximum atomic E-state index is 6.18. The number of aryl methyl sites for hydroxylation is 1. The average molecular weight is 313 g/mol. The van der Waals surface area contributed by atoms with Gasteiger partial charge < -0.3 is 20.5 Å². The molecule has 0 amide bonds. The monoisotopic (exact) mass is 313 g/mol. The van der Waals surface area contributed by atoms with E-state index in [4.69, 9.17) is 15.2 Å². The molecule has 122 valence electrons. The summed E-state index contributed by atoms with van der Waals surface area (Å²) < 4.78 is 10.7. The van der Waals surface area contributed by atoms with Crippen molar-refractivity contribution in [1.29, 1.82) is 0 Å². The van der Waals surface area contributed by atoms with Crippen LogP contribution in [0.5, 0.6) is 11.5 Å². The fourth-order valence-corrected chi connectivity index (χ4v) is 3.10. The molecule has 0 saturated carbocycles. The number of rotatable bonds is 5. The molecule has 3 N–H and O–H groups in total. The van der Waals surface area contributed by atoms with Crippen molar-refractivity contribution in [2.75, 3.05) is 19.5 Å². The summed E-state index contributed by atoms with van der Waals surface area (Å²) in [5, 5.41) is 3.45. The second-order valence-corrected chi connectivity index (χ2v) is 5.86. The lowest BCUT2D eigenvalue weighted by Crippen LogP contribution is -2.09. The van der Waals surface area contributed by atoms with Gasteiger partial charge in [0.25, 0.3) is 0 Å². The summed E-state index contributed by atoms with van der Waals surface area (Å²) in [5.41, 5.74) is 10.7. The fourth-order valence-electron chi connectivity index (χ4n) is 3.10. The lowest BCUT2D eigenvalue weighted by Gasteiger charge is -2.15. The highest BCUT2D eigenvalue weighted by molar-refractivity contribution is 5.54. The number of benzene rings is 1. The first-order valence-corrected chi connectivity index (χ1v) is 7.83. The predicted molar refractivity (Wildman–Crippen MR) is 91.1 cm³/mol. The van der Waals surface area contributed by atoms with Crippen LogP contribution in [0, 0.1) is 6.92 Å². The Hall–Kier alpha value is -2.27. The standard InChI is InChI=1S/C18H23N3O2/c1-11-8-15-14(6-7-16(15)19)18(21-11)20-10-12-4-5-13(22-2)9-17(12)23-3/h4-5,8-9,16H,6-7,10,19H2,1-3H3,(H,20,21)/t16-/m1/s1. The molecule has 0 fully saturated rings. The van der Waals surface area contributed by atoms with Crippen LogP contribution in [-0.2, 0) is 13.0 Å². The summed E-state index contributed by atoms with van der Waals surface area (Å²) in [7, 11) is 3.32. The predicted octanol–water partition coefficient (Wildman–Crippen LogP) is 2.97. The fraction of sp³-hybridized carbons (Fsp3) is 0.389. The molecule has 2 aromatic rings. The number of fused-ring (bicyclic) bond motifs is 1. The highest BCUT2D eigenvalue weighted by Crippen LogP contribution is 2.34. The van der Waals surface area contributed by atoms with Gasteiger partial charge in [-0.2, -0.15) is 0 Å². The second-order valence-electron chi connectivity index (χ2n) is 5.86. The van der Waals surface area contributed by atoms with E-state index in [-0.39, 0.29) is 6.04 Å². The molecule has 1 aliphatic rings. The zero-order valence-electron chi connectivity index (χ0n) is 13.8. The molecule has 5 nitrogen and oxygen atoms in total. The first kappa shape index (κ1) is 15.6. The van der Waals surface area contributed by atoms with E-state index in [9.17, 15) is 0 Å². The molecule has 1 atom stereocenters. The van der Waals surface area contributed by atoms with E-state index in [2.05, 4.69) is 16.4 Å². The second kappa shape index (κ2) is 6.46. The van der Waals surface area contributed by atoms with Crippen LogP contribution in [0.1, 0.15) is 34.8 Å². The summed E-state index contributed by atoms with van der Waals surface area (Å²) >= 11 is 0. The molecule has 23 heavy (non-hydrogen) atoms. The Morgan fingerprint density at radius 3 is 2.83 bits per heavy atom. The summed E-state index contributed by atoms with van der Waals surface area (Å²) in [6.45, 7) is 2.65. The van der Waals surface area contributed by atoms with Crippen LogP contribution in [-0.4, -0.2) is 19.2 Å². The Morgan fingerprint density at radius 1 is 1.26 bits per heavy atom. The van der Waals surface area contributed by atoms with Gasteiger partial charge in [0.1, 0.15) is 17.3 Å². The van der Waals surface area contributed by atoms with E-state index in [0.29, 0.717) is 6.54 Å². The van der Waals surface area contributed by atoms with Crippen molar-refractivity contribution in [3.8, 4) is 11.5 Å². The molecular weight excluding hydrogens is 290 g/mol. The van der Waals surface area contributed by atoms with Gasteiger partial charge in [0.05, 0.1) is 14.2 Å². The first-order valence-electron chi connectivity index (χ1n) is 7.83. The number of nitrogens with two attached hydrogens (primary N) is 1. The third kappa shape index (κ3) is 3.10. The van der Waals surface area contributed by atoms with Crippen molar-refractivity contribution in [3.63, 3.8) is 0 Å². The van der Waals surface area contributed by atoms with Gasteiger partial charge in [-0.25, -0.2) is 4.98 Å². The molecule has 0 bridgehead atoms. The van der Waals surface area contributed by atoms with Crippen LogP contribution in [0.4, 0.5) is 5.82 Å². The zero-order valence-corrected chi connectivity index (χ0v) is 13.8. The van der Waals surface area contributed by atoms with Crippen LogP contribution in [0.2, 0.25) is 0 Å². The average Bonchev–Trinajstić information content (AvgIpc) is 2.93. The van der Waals surface area contributed by atoms with E-state index < -0.39 is 0 Å². The van der Waals surface area contributed by atoms with Gasteiger partial charge in [-0.3, -0.25) is 0 Å². The molecule has 0 unspecified atom stereocenters. The zero-order chi connectivity index (χ0) is 16.4. The number of anilines is 1. The summed E-state index contributed by atoms with van der Waals surface area (Å²) in [4.78, 5) is 4.65. The molecule has 3 rings (SSSR count). The highest BCUT2D eigenvalue weighted by Gasteiger charge is 2.23. The minimum absolute atomic E-state index is 0.128. The summed E-state index contributed by atoms with van der Waals surface area (Å²) in [6, 6.07) is 8.06. The van der Waals surface area contributed by atoms with E-state index >= 15 is 0 Å². The van der Waals surface area contributed by atoms with Crippen LogP contribution in [0.25, 0.3) is 0 Å². The van der Waals surface area contributed by atoms with E-state index in [0.717, 1.165) is 41.4 Å². The third-order valence-corrected chi connectivity index (χ3v) is 4.33. The van der Waals surface area contributed by atoms with Gasteiger partial charge in [0.2, 0.25) is 0 Å². The lowest BCUT2D eigenvalue weighted by atomic mass is 10.1. The maximum Gasteiger partial charge on any atom is 0.130 e. The lowest BCUT2D eigenvalue weighted by molar-refractivity contribution is 0.391. The van der Waals surface area contributed by atoms with E-state index in [1.807, 2.05) is 25.1 Å². The molecular formula is C18H23N3O2. The number of ether oxygens (including phenoxy) is 2. The van der Waals surface area contributed by atoms with Crippen molar-refractivity contribution >= 4 is 5.82 Å². The number of methoxy groups -OCH3 is 2. The molecule has 1 heterocycles. The summed E-state index contributed by atoms with van der Waals surface area (Å²) in [5.74, 6) is 2.52. The number of hydrogen-bond donors (Lipinski definition) is 2. The Bertz CT molecular complexity index is 716. The van der Waals surface area contributed by atoms with Crippen LogP contribution >= 0.6 is 0 Å². The topological polar surface area (TPSA) is 69.4 Å². The van der Waals surface area contributed by atoms with Crippen molar-refractivity contribution in [3.05, 3.63) is 46.6 Å². The Labute approximate surface area is 136 Å². The number of aromatic nitrogens is 1. The minimum Gasteiger partial charge on any atom is -0.497 e. The van der Waals surface area contributed by atoms with Crippen LogP contribution in [0.15, 0.2) is 24.3 Å². The van der Waals surface area contributed by atoms with Crippen molar-refractivity contribution in [2.24, 2.45) is 5.73 Å². The molecule has 0 spiro atoms. The number of nitrogens with one attached hydrogen (secondary N) is 1. The van der Waals surface area contributed by atoms with Crippen molar-refractivity contribution < 1.29 is 9.47 Å². The molecule has 1 aromatic carbocycles. The smallest absolute Gasteiger partial charge is 0.130 e. The third-order valence-electron chi connectivity index (χ3n) is 4.33. The SMILES string of the molecule is COc1ccc(CNc2nc(C)cc3c2CC[C@H]3N)c(OC)c1. The minimum atomic E-state index is 0.128. The summed E-state index contributed by atoms with van der Waals surface area (Å²) in [6.07, 6.45) is 1.97. The number of nitrogens with zero attached hydrogens (tertiary/aromatic N) is 1. The first-order chi connectivity index (χ1) is 11.1. The largest absolute Gasteiger partial charge is 0.497 e. The number of hydrogen-bond acceptors (Lipinski definition) is 5. The number of pyridine rings is 1. The van der Waals surface area contributed by atoms with Crippen molar-refractivity contribution in [1.82, 2.24) is 4.98 Å². The van der Waals surface area contributed by atoms with Gasteiger partial charge in [0.15, 0.2) is 0 Å². The molecule has 1 aliphatic carbocycles. The molecule has 5 heteroatoms. The van der Waals surface area contributed by atoms with Crippen LogP contribution < -0.4 is 20.5 Å². The Kier molecular flexibility index (Phi) is 4.39. The quantitative estimate of drug-likeness (QED) is 0.888. The normalized spacial score (nSPS) is 16.1. The van der Waals surface area contributed by atoms with Crippen LogP contribution in [0.3, 0.4) is 0 Å². The van der Waals surface area contributed by atoms with E-state index in [1.165, 1.54) is 11.1 Å². The van der Waals surface area contributed by atoms with Gasteiger partial charge >= 0.3 is 0 Å². The maximum absolute atomic E-state index is 6.18. The molecule has 0 aliphatic heterocycles. The van der Waals surface area contributed by atoms with Gasteiger partial charge in [-0.05, 0) is 49.1 Å². The highest BCUT2D eigenvalue weighted by atomic mass is 16.5. The Balaban J connectivity index is 1.83. The van der Waals surface area contributed by atoms with Gasteiger partial charge in [-0.1, -0.05) is 0 Å². The Morgan fingerprint density at radius 2 is 2.09 bits per heavy atom. The molecule has 1 aromatic heterocycles.